The fourth-order valence-corrected chi connectivity index (χ4v) is 3.23. The van der Waals surface area contributed by atoms with E-state index in [9.17, 15) is 4.79 Å². The molecule has 5 nitrogen and oxygen atoms in total. The zero-order chi connectivity index (χ0) is 18.8. The molecule has 1 atom stereocenters. The molecule has 0 spiro atoms. The summed E-state index contributed by atoms with van der Waals surface area (Å²) >= 11 is 0. The van der Waals surface area contributed by atoms with Crippen LogP contribution in [0.15, 0.2) is 73.2 Å². The molecule has 4 aromatic rings. The fourth-order valence-electron chi connectivity index (χ4n) is 3.23. The summed E-state index contributed by atoms with van der Waals surface area (Å²) in [5, 5.41) is 3.93. The highest BCUT2D eigenvalue weighted by Crippen LogP contribution is 2.24. The Hall–Kier alpha value is -3.47. The maximum Gasteiger partial charge on any atom is 0.273 e. The van der Waals surface area contributed by atoms with Gasteiger partial charge in [0, 0.05) is 11.1 Å². The van der Waals surface area contributed by atoms with Crippen LogP contribution < -0.4 is 5.32 Å². The van der Waals surface area contributed by atoms with E-state index in [0.29, 0.717) is 5.69 Å². The molecule has 0 aliphatic carbocycles. The molecule has 1 unspecified atom stereocenters. The number of rotatable bonds is 4. The van der Waals surface area contributed by atoms with Gasteiger partial charge in [-0.15, -0.1) is 0 Å². The number of hydrogen-bond acceptors (Lipinski definition) is 3. The minimum Gasteiger partial charge on any atom is -0.320 e. The average Bonchev–Trinajstić information content (AvgIpc) is 3.18. The van der Waals surface area contributed by atoms with Crippen LogP contribution in [0.25, 0.3) is 10.9 Å². The number of pyridine rings is 1. The molecule has 0 aliphatic heterocycles. The Morgan fingerprint density at radius 1 is 1.04 bits per heavy atom. The first-order valence-corrected chi connectivity index (χ1v) is 8.88. The zero-order valence-corrected chi connectivity index (χ0v) is 15.3. The molecular formula is C22H20N4O. The van der Waals surface area contributed by atoms with Gasteiger partial charge < -0.3 is 9.88 Å². The summed E-state index contributed by atoms with van der Waals surface area (Å²) in [5.41, 5.74) is 4.18. The highest BCUT2D eigenvalue weighted by molar-refractivity contribution is 6.07. The van der Waals surface area contributed by atoms with Crippen molar-refractivity contribution in [3.8, 4) is 0 Å². The second-order valence-corrected chi connectivity index (χ2v) is 6.55. The Kier molecular flexibility index (Phi) is 4.42. The van der Waals surface area contributed by atoms with Gasteiger partial charge in [0.25, 0.3) is 5.91 Å². The smallest absolute Gasteiger partial charge is 0.273 e. The van der Waals surface area contributed by atoms with Gasteiger partial charge in [0.15, 0.2) is 0 Å². The summed E-state index contributed by atoms with van der Waals surface area (Å²) in [6.07, 6.45) is 3.29. The van der Waals surface area contributed by atoms with E-state index in [-0.39, 0.29) is 11.9 Å². The molecule has 1 amide bonds. The second kappa shape index (κ2) is 7.03. The van der Waals surface area contributed by atoms with Gasteiger partial charge in [-0.2, -0.15) is 0 Å². The Bertz CT molecular complexity index is 1100. The number of aromatic nitrogens is 3. The van der Waals surface area contributed by atoms with Crippen LogP contribution in [0.4, 0.5) is 5.69 Å². The third-order valence-electron chi connectivity index (χ3n) is 4.72. The molecule has 0 fully saturated rings. The van der Waals surface area contributed by atoms with Crippen LogP contribution in [0.1, 0.15) is 34.7 Å². The van der Waals surface area contributed by atoms with Gasteiger partial charge in [-0.3, -0.25) is 9.78 Å². The van der Waals surface area contributed by atoms with E-state index < -0.39 is 0 Å². The predicted octanol–water partition coefficient (Wildman–Crippen LogP) is 4.60. The van der Waals surface area contributed by atoms with Crippen LogP contribution >= 0.6 is 0 Å². The first kappa shape index (κ1) is 17.0. The lowest BCUT2D eigenvalue weighted by Gasteiger charge is -2.17. The number of benzene rings is 2. The number of hydrogen-bond donors (Lipinski definition) is 1. The molecule has 0 bridgehead atoms. The average molecular weight is 356 g/mol. The molecule has 0 saturated carbocycles. The number of imidazole rings is 1. The van der Waals surface area contributed by atoms with Gasteiger partial charge in [0.2, 0.25) is 0 Å². The molecular weight excluding hydrogens is 336 g/mol. The molecule has 4 rings (SSSR count). The van der Waals surface area contributed by atoms with E-state index in [2.05, 4.69) is 22.2 Å². The zero-order valence-electron chi connectivity index (χ0n) is 15.3. The number of carbonyl (C=O) groups excluding carboxylic acids is 1. The normalized spacial score (nSPS) is 12.1. The molecule has 1 N–H and O–H groups in total. The lowest BCUT2D eigenvalue weighted by atomic mass is 10.1. The molecule has 2 heterocycles. The van der Waals surface area contributed by atoms with Crippen molar-refractivity contribution in [3.05, 3.63) is 90.1 Å². The number of fused-ring (bicyclic) bond motifs is 1. The maximum atomic E-state index is 13.0. The van der Waals surface area contributed by atoms with E-state index in [4.69, 9.17) is 0 Å². The third-order valence-corrected chi connectivity index (χ3v) is 4.72. The van der Waals surface area contributed by atoms with Crippen LogP contribution in [0.5, 0.6) is 0 Å². The summed E-state index contributed by atoms with van der Waals surface area (Å²) in [6.45, 7) is 4.01. The molecule has 134 valence electrons. The maximum absolute atomic E-state index is 13.0. The lowest BCUT2D eigenvalue weighted by Crippen LogP contribution is -2.19. The number of amides is 1. The fraction of sp³-hybridized carbons (Fsp3) is 0.136. The minimum atomic E-state index is -0.191. The first-order valence-electron chi connectivity index (χ1n) is 8.88. The monoisotopic (exact) mass is 356 g/mol. The van der Waals surface area contributed by atoms with Gasteiger partial charge in [-0.1, -0.05) is 36.4 Å². The number of carbonyl (C=O) groups is 1. The number of aryl methyl sites for hydroxylation is 1. The van der Waals surface area contributed by atoms with Crippen molar-refractivity contribution in [1.82, 2.24) is 14.5 Å². The van der Waals surface area contributed by atoms with Gasteiger partial charge >= 0.3 is 0 Å². The summed E-state index contributed by atoms with van der Waals surface area (Å²) in [5.74, 6) is -0.191. The molecule has 2 aromatic carbocycles. The first-order chi connectivity index (χ1) is 13.1. The van der Waals surface area contributed by atoms with Gasteiger partial charge in [-0.05, 0) is 43.7 Å². The Labute approximate surface area is 157 Å². The van der Waals surface area contributed by atoms with E-state index >= 15 is 0 Å². The van der Waals surface area contributed by atoms with E-state index in [1.54, 1.807) is 12.5 Å². The van der Waals surface area contributed by atoms with Crippen molar-refractivity contribution in [3.63, 3.8) is 0 Å². The topological polar surface area (TPSA) is 59.8 Å². The summed E-state index contributed by atoms with van der Waals surface area (Å²) < 4.78 is 1.89. The van der Waals surface area contributed by atoms with Gasteiger partial charge in [0.05, 0.1) is 29.8 Å². The summed E-state index contributed by atoms with van der Waals surface area (Å²) in [4.78, 5) is 21.7. The second-order valence-electron chi connectivity index (χ2n) is 6.55. The summed E-state index contributed by atoms with van der Waals surface area (Å²) in [6, 6.07) is 19.7. The van der Waals surface area contributed by atoms with Crippen molar-refractivity contribution in [2.45, 2.75) is 19.9 Å². The van der Waals surface area contributed by atoms with Crippen LogP contribution in [-0.4, -0.2) is 20.4 Å². The minimum absolute atomic E-state index is 0.00582. The summed E-state index contributed by atoms with van der Waals surface area (Å²) in [7, 11) is 0. The van der Waals surface area contributed by atoms with Crippen LogP contribution in [0.2, 0.25) is 0 Å². The van der Waals surface area contributed by atoms with E-state index in [0.717, 1.165) is 27.8 Å². The van der Waals surface area contributed by atoms with Crippen LogP contribution in [-0.2, 0) is 0 Å². The highest BCUT2D eigenvalue weighted by atomic mass is 16.2. The molecule has 0 saturated heterocycles. The third kappa shape index (κ3) is 3.31. The van der Waals surface area contributed by atoms with Crippen molar-refractivity contribution in [1.29, 1.82) is 0 Å². The molecule has 2 aromatic heterocycles. The molecule has 0 aliphatic rings. The quantitative estimate of drug-likeness (QED) is 0.581. The Balaban J connectivity index is 1.65. The van der Waals surface area contributed by atoms with Crippen molar-refractivity contribution in [2.75, 3.05) is 5.32 Å². The largest absolute Gasteiger partial charge is 0.320 e. The molecule has 27 heavy (non-hydrogen) atoms. The SMILES string of the molecule is Cc1ccc2c(NC(=O)c3cncn3C(C)c3ccccc3)cccc2n1. The predicted molar refractivity (Wildman–Crippen MR) is 107 cm³/mol. The standard InChI is InChI=1S/C22H20N4O/c1-15-11-12-18-19(24-15)9-6-10-20(18)25-22(27)21-13-23-14-26(21)16(2)17-7-4-3-5-8-17/h3-14,16H,1-2H3,(H,25,27). The lowest BCUT2D eigenvalue weighted by molar-refractivity contribution is 0.101. The van der Waals surface area contributed by atoms with Crippen molar-refractivity contribution < 1.29 is 4.79 Å². The van der Waals surface area contributed by atoms with Gasteiger partial charge in [0.1, 0.15) is 5.69 Å². The number of anilines is 1. The van der Waals surface area contributed by atoms with Crippen LogP contribution in [0.3, 0.4) is 0 Å². The van der Waals surface area contributed by atoms with E-state index in [1.807, 2.05) is 72.2 Å². The Morgan fingerprint density at radius 2 is 1.85 bits per heavy atom. The molecule has 5 heteroatoms. The Morgan fingerprint density at radius 3 is 2.67 bits per heavy atom. The van der Waals surface area contributed by atoms with E-state index in [1.165, 1.54) is 0 Å². The highest BCUT2D eigenvalue weighted by Gasteiger charge is 2.18. The van der Waals surface area contributed by atoms with Crippen molar-refractivity contribution in [2.24, 2.45) is 0 Å². The van der Waals surface area contributed by atoms with Crippen molar-refractivity contribution >= 4 is 22.5 Å². The van der Waals surface area contributed by atoms with Crippen LogP contribution in [0, 0.1) is 6.92 Å². The van der Waals surface area contributed by atoms with Gasteiger partial charge in [-0.25, -0.2) is 4.98 Å². The molecule has 0 radical (unpaired) electrons. The number of nitrogens with zero attached hydrogens (tertiary/aromatic N) is 3. The number of nitrogens with one attached hydrogen (secondary N) is 1.